The first-order valence-electron chi connectivity index (χ1n) is 35.0. The average Bonchev–Trinajstić information content (AvgIpc) is 3.50. The van der Waals surface area contributed by atoms with Crippen molar-refractivity contribution < 1.29 is 28.6 Å². The molecule has 0 bridgehead atoms. The minimum absolute atomic E-state index is 0.104. The zero-order valence-corrected chi connectivity index (χ0v) is 54.4. The number of carbonyl (C=O) groups excluding carboxylic acids is 3. The molecule has 0 amide bonds. The Morgan fingerprint density at radius 1 is 0.253 bits per heavy atom. The van der Waals surface area contributed by atoms with Crippen molar-refractivity contribution in [1.29, 1.82) is 0 Å². The first-order valence-corrected chi connectivity index (χ1v) is 35.0. The molecule has 474 valence electrons. The molecule has 0 aromatic carbocycles. The Morgan fingerprint density at radius 2 is 0.482 bits per heavy atom. The minimum Gasteiger partial charge on any atom is -0.462 e. The second kappa shape index (κ2) is 70.3. The van der Waals surface area contributed by atoms with E-state index in [0.29, 0.717) is 19.3 Å². The van der Waals surface area contributed by atoms with Crippen LogP contribution in [-0.2, 0) is 28.6 Å². The number of hydrogen-bond donors (Lipinski definition) is 0. The van der Waals surface area contributed by atoms with E-state index in [-0.39, 0.29) is 37.5 Å². The Hall–Kier alpha value is -4.19. The Kier molecular flexibility index (Phi) is 66.7. The molecule has 0 N–H and O–H groups in total. The highest BCUT2D eigenvalue weighted by Gasteiger charge is 2.19. The van der Waals surface area contributed by atoms with Crippen LogP contribution in [0.4, 0.5) is 0 Å². The van der Waals surface area contributed by atoms with Gasteiger partial charge in [0, 0.05) is 19.3 Å². The van der Waals surface area contributed by atoms with Gasteiger partial charge in [0.1, 0.15) is 13.2 Å². The van der Waals surface area contributed by atoms with Gasteiger partial charge in [-0.2, -0.15) is 0 Å². The number of allylic oxidation sites excluding steroid dienone is 20. The number of rotatable bonds is 63. The molecule has 0 spiro atoms. The van der Waals surface area contributed by atoms with Crippen LogP contribution in [0.3, 0.4) is 0 Å². The lowest BCUT2D eigenvalue weighted by molar-refractivity contribution is -0.167. The summed E-state index contributed by atoms with van der Waals surface area (Å²) in [5.74, 6) is -0.962. The van der Waals surface area contributed by atoms with Gasteiger partial charge in [-0.15, -0.1) is 0 Å². The maximum Gasteiger partial charge on any atom is 0.306 e. The molecule has 0 rings (SSSR count). The van der Waals surface area contributed by atoms with Crippen molar-refractivity contribution in [3.05, 3.63) is 122 Å². The van der Waals surface area contributed by atoms with E-state index >= 15 is 0 Å². The van der Waals surface area contributed by atoms with Gasteiger partial charge in [-0.05, 0) is 128 Å². The Labute approximate surface area is 513 Å². The van der Waals surface area contributed by atoms with Gasteiger partial charge in [0.2, 0.25) is 0 Å². The summed E-state index contributed by atoms with van der Waals surface area (Å²) in [5, 5.41) is 0. The van der Waals surface area contributed by atoms with Crippen molar-refractivity contribution in [2.24, 2.45) is 0 Å². The summed E-state index contributed by atoms with van der Waals surface area (Å²) in [4.78, 5) is 38.4. The van der Waals surface area contributed by atoms with Gasteiger partial charge in [-0.3, -0.25) is 14.4 Å². The molecule has 0 aliphatic rings. The second-order valence-electron chi connectivity index (χ2n) is 23.1. The second-order valence-corrected chi connectivity index (χ2v) is 23.1. The van der Waals surface area contributed by atoms with E-state index in [1.54, 1.807) is 0 Å². The van der Waals surface area contributed by atoms with Crippen LogP contribution >= 0.6 is 0 Å². The van der Waals surface area contributed by atoms with Crippen molar-refractivity contribution in [3.63, 3.8) is 0 Å². The van der Waals surface area contributed by atoms with E-state index in [9.17, 15) is 14.4 Å². The van der Waals surface area contributed by atoms with Gasteiger partial charge in [0.15, 0.2) is 6.10 Å². The van der Waals surface area contributed by atoms with Crippen LogP contribution in [0.1, 0.15) is 329 Å². The molecule has 6 nitrogen and oxygen atoms in total. The van der Waals surface area contributed by atoms with Crippen molar-refractivity contribution in [1.82, 2.24) is 0 Å². The van der Waals surface area contributed by atoms with E-state index in [4.69, 9.17) is 14.2 Å². The third-order valence-electron chi connectivity index (χ3n) is 14.9. The fraction of sp³-hybridized carbons (Fsp3) is 0.701. The van der Waals surface area contributed by atoms with Gasteiger partial charge in [0.25, 0.3) is 0 Å². The van der Waals surface area contributed by atoms with Gasteiger partial charge in [0.05, 0.1) is 0 Å². The van der Waals surface area contributed by atoms with Crippen LogP contribution in [0.5, 0.6) is 0 Å². The monoisotopic (exact) mass is 1150 g/mol. The van der Waals surface area contributed by atoms with Crippen molar-refractivity contribution in [2.45, 2.75) is 335 Å². The van der Waals surface area contributed by atoms with Crippen molar-refractivity contribution in [3.8, 4) is 0 Å². The molecule has 0 aliphatic heterocycles. The minimum atomic E-state index is -0.815. The first-order chi connectivity index (χ1) is 41.0. The van der Waals surface area contributed by atoms with Crippen molar-refractivity contribution >= 4 is 17.9 Å². The fourth-order valence-electron chi connectivity index (χ4n) is 9.69. The van der Waals surface area contributed by atoms with Crippen LogP contribution in [0.15, 0.2) is 122 Å². The van der Waals surface area contributed by atoms with Gasteiger partial charge >= 0.3 is 17.9 Å². The molecule has 0 saturated heterocycles. The number of ether oxygens (including phenoxy) is 3. The Morgan fingerprint density at radius 3 is 0.795 bits per heavy atom. The van der Waals surface area contributed by atoms with Crippen LogP contribution in [0.2, 0.25) is 0 Å². The molecule has 0 aliphatic carbocycles. The standard InChI is InChI=1S/C77H130O6/c1-4-7-10-13-16-19-22-25-28-31-32-33-34-35-36-37-38-39-40-41-42-43-44-47-49-52-55-58-61-64-67-70-76(79)82-73-74(83-77(80)71-68-65-62-59-56-53-50-46-30-27-24-21-18-15-12-9-6-3)72-81-75(78)69-66-63-60-57-54-51-48-45-29-26-23-20-17-14-11-8-5-2/h9,12,17-18,20-22,25-27,29-32,34-35,50,53,59,62,74H,4-8,10-11,13-16,19,23-24,28,33,36-49,51-52,54-58,60-61,63-73H2,1-3H3/b12-9-,20-17-,21-18-,25-22-,29-26-,30-27-,32-31-,35-34-,53-50-,62-59-. The van der Waals surface area contributed by atoms with E-state index in [1.807, 2.05) is 0 Å². The highest BCUT2D eigenvalue weighted by atomic mass is 16.6. The maximum absolute atomic E-state index is 12.9. The summed E-state index contributed by atoms with van der Waals surface area (Å²) in [6.07, 6.45) is 98.0. The molecule has 6 heteroatoms. The molecule has 0 radical (unpaired) electrons. The first kappa shape index (κ1) is 78.8. The lowest BCUT2D eigenvalue weighted by atomic mass is 10.0. The Balaban J connectivity index is 4.32. The highest BCUT2D eigenvalue weighted by Crippen LogP contribution is 2.16. The predicted molar refractivity (Wildman–Crippen MR) is 362 cm³/mol. The smallest absolute Gasteiger partial charge is 0.306 e. The van der Waals surface area contributed by atoms with Gasteiger partial charge < -0.3 is 14.2 Å². The molecular formula is C77H130O6. The number of hydrogen-bond acceptors (Lipinski definition) is 6. The zero-order valence-electron chi connectivity index (χ0n) is 54.4. The van der Waals surface area contributed by atoms with Crippen LogP contribution < -0.4 is 0 Å². The molecule has 1 atom stereocenters. The molecule has 0 fully saturated rings. The normalized spacial score (nSPS) is 12.9. The molecule has 0 heterocycles. The largest absolute Gasteiger partial charge is 0.462 e. The quantitative estimate of drug-likeness (QED) is 0.0261. The lowest BCUT2D eigenvalue weighted by Gasteiger charge is -2.18. The van der Waals surface area contributed by atoms with E-state index in [1.165, 1.54) is 180 Å². The summed E-state index contributed by atoms with van der Waals surface area (Å²) in [5.41, 5.74) is 0. The van der Waals surface area contributed by atoms with E-state index in [2.05, 4.69) is 142 Å². The van der Waals surface area contributed by atoms with Crippen LogP contribution in [0, 0.1) is 0 Å². The molecule has 0 saturated carbocycles. The molecular weight excluding hydrogens is 1020 g/mol. The van der Waals surface area contributed by atoms with Crippen molar-refractivity contribution in [2.75, 3.05) is 13.2 Å². The van der Waals surface area contributed by atoms with Gasteiger partial charge in [-0.1, -0.05) is 303 Å². The maximum atomic E-state index is 12.9. The van der Waals surface area contributed by atoms with Gasteiger partial charge in [-0.25, -0.2) is 0 Å². The van der Waals surface area contributed by atoms with Crippen LogP contribution in [0.25, 0.3) is 0 Å². The highest BCUT2D eigenvalue weighted by molar-refractivity contribution is 5.71. The number of unbranched alkanes of at least 4 members (excludes halogenated alkanes) is 32. The van der Waals surface area contributed by atoms with E-state index in [0.717, 1.165) is 103 Å². The average molecular weight is 1150 g/mol. The number of carbonyl (C=O) groups is 3. The predicted octanol–water partition coefficient (Wildman–Crippen LogP) is 24.3. The van der Waals surface area contributed by atoms with E-state index < -0.39 is 6.10 Å². The summed E-state index contributed by atoms with van der Waals surface area (Å²) in [6.45, 7) is 6.46. The summed E-state index contributed by atoms with van der Waals surface area (Å²) >= 11 is 0. The zero-order chi connectivity index (χ0) is 59.9. The Bertz CT molecular complexity index is 1700. The van der Waals surface area contributed by atoms with Crippen LogP contribution in [-0.4, -0.2) is 37.2 Å². The molecule has 0 aromatic heterocycles. The molecule has 1 unspecified atom stereocenters. The summed E-state index contributed by atoms with van der Waals surface area (Å²) < 4.78 is 16.9. The molecule has 83 heavy (non-hydrogen) atoms. The topological polar surface area (TPSA) is 78.9 Å². The fourth-order valence-corrected chi connectivity index (χ4v) is 9.69. The lowest BCUT2D eigenvalue weighted by Crippen LogP contribution is -2.30. The third kappa shape index (κ3) is 68.5. The summed E-state index contributed by atoms with van der Waals surface area (Å²) in [7, 11) is 0. The number of esters is 3. The SMILES string of the molecule is CC/C=C\C/C=C\C/C=C\C/C=C\C/C=C\CCCC(=O)OC(COC(=O)CCCCCCCCC/C=C\C/C=C\CCCCC)COC(=O)CCCCCCCCCCCCCCCCCC/C=C\C/C=C\C/C=C\CCCCCCC. The summed E-state index contributed by atoms with van der Waals surface area (Å²) in [6, 6.07) is 0. The third-order valence-corrected chi connectivity index (χ3v) is 14.9. The molecule has 0 aromatic rings.